The molecule has 0 unspecified atom stereocenters. The Morgan fingerprint density at radius 1 is 0.379 bits per heavy atom. The highest BCUT2D eigenvalue weighted by atomic mass is 19.1. The van der Waals surface area contributed by atoms with Gasteiger partial charge in [-0.1, -0.05) is 72.8 Å². The van der Waals surface area contributed by atoms with Crippen molar-refractivity contribution in [1.29, 1.82) is 0 Å². The zero-order valence-electron chi connectivity index (χ0n) is 16.1. The molecule has 144 valence electrons. The molecule has 0 saturated carbocycles. The number of halogens is 2. The third-order valence-corrected chi connectivity index (χ3v) is 5.19. The predicted octanol–water partition coefficient (Wildman–Crippen LogP) is 7.47. The molecule has 0 spiro atoms. The summed E-state index contributed by atoms with van der Waals surface area (Å²) in [5.41, 5.74) is 6.87. The molecule has 0 saturated heterocycles. The van der Waals surface area contributed by atoms with Gasteiger partial charge in [-0.25, -0.2) is 8.78 Å². The van der Waals surface area contributed by atoms with Gasteiger partial charge in [-0.3, -0.25) is 0 Å². The predicted molar refractivity (Wildman–Crippen MR) is 116 cm³/mol. The Morgan fingerprint density at radius 2 is 0.655 bits per heavy atom. The van der Waals surface area contributed by atoms with Gasteiger partial charge in [-0.05, 0) is 76.9 Å². The van der Waals surface area contributed by atoms with Gasteiger partial charge in [0.2, 0.25) is 0 Å². The second kappa shape index (κ2) is 8.83. The van der Waals surface area contributed by atoms with E-state index in [1.807, 2.05) is 0 Å². The molecule has 4 aromatic carbocycles. The van der Waals surface area contributed by atoms with Gasteiger partial charge >= 0.3 is 0 Å². The Labute approximate surface area is 170 Å². The van der Waals surface area contributed by atoms with Crippen LogP contribution in [0.25, 0.3) is 22.3 Å². The average molecular weight is 384 g/mol. The molecule has 0 bridgehead atoms. The van der Waals surface area contributed by atoms with Crippen LogP contribution in [0.3, 0.4) is 0 Å². The van der Waals surface area contributed by atoms with Crippen LogP contribution in [0.1, 0.15) is 17.5 Å². The van der Waals surface area contributed by atoms with Crippen molar-refractivity contribution in [1.82, 2.24) is 0 Å². The average Bonchev–Trinajstić information content (AvgIpc) is 2.76. The summed E-state index contributed by atoms with van der Waals surface area (Å²) in [4.78, 5) is 0. The minimum absolute atomic E-state index is 0.212. The summed E-state index contributed by atoms with van der Waals surface area (Å²) in [5, 5.41) is 0. The maximum absolute atomic E-state index is 13.1. The van der Waals surface area contributed by atoms with Gasteiger partial charge in [0.25, 0.3) is 0 Å². The molecule has 29 heavy (non-hydrogen) atoms. The van der Waals surface area contributed by atoms with E-state index < -0.39 is 0 Å². The molecule has 0 nitrogen and oxygen atoms in total. The summed E-state index contributed by atoms with van der Waals surface area (Å²) in [6.07, 6.45) is 3.11. The van der Waals surface area contributed by atoms with Crippen molar-refractivity contribution in [3.63, 3.8) is 0 Å². The fourth-order valence-electron chi connectivity index (χ4n) is 3.51. The van der Waals surface area contributed by atoms with Crippen LogP contribution in [-0.4, -0.2) is 0 Å². The fourth-order valence-corrected chi connectivity index (χ4v) is 3.51. The SMILES string of the molecule is Fc1ccc(-c2ccc(CCCc3ccc(-c4ccc(F)cc4)cc3)cc2)cc1. The second-order valence-corrected chi connectivity index (χ2v) is 7.26. The van der Waals surface area contributed by atoms with Gasteiger partial charge in [0, 0.05) is 0 Å². The van der Waals surface area contributed by atoms with Crippen LogP contribution in [0.4, 0.5) is 8.78 Å². The summed E-state index contributed by atoms with van der Waals surface area (Å²) < 4.78 is 26.1. The molecule has 0 aromatic heterocycles. The number of rotatable bonds is 6. The van der Waals surface area contributed by atoms with E-state index in [-0.39, 0.29) is 11.6 Å². The van der Waals surface area contributed by atoms with E-state index in [9.17, 15) is 8.78 Å². The summed E-state index contributed by atoms with van der Waals surface area (Å²) in [7, 11) is 0. The van der Waals surface area contributed by atoms with E-state index in [1.165, 1.54) is 35.4 Å². The quantitative estimate of drug-likeness (QED) is 0.323. The van der Waals surface area contributed by atoms with E-state index in [0.29, 0.717) is 0 Å². The first-order valence-electron chi connectivity index (χ1n) is 9.87. The number of hydrogen-bond donors (Lipinski definition) is 0. The summed E-state index contributed by atoms with van der Waals surface area (Å²) >= 11 is 0. The Kier molecular flexibility index (Phi) is 5.81. The zero-order chi connectivity index (χ0) is 20.1. The van der Waals surface area contributed by atoms with Crippen molar-refractivity contribution in [3.05, 3.63) is 120 Å². The molecule has 0 heterocycles. The maximum Gasteiger partial charge on any atom is 0.123 e. The molecule has 0 aliphatic carbocycles. The molecule has 4 rings (SSSR count). The maximum atomic E-state index is 13.1. The smallest absolute Gasteiger partial charge is 0.123 e. The van der Waals surface area contributed by atoms with Gasteiger partial charge < -0.3 is 0 Å². The monoisotopic (exact) mass is 384 g/mol. The molecule has 0 N–H and O–H groups in total. The normalized spacial score (nSPS) is 10.8. The standard InChI is InChI=1S/C27H22F2/c28-26-16-12-24(13-17-26)22-8-4-20(5-9-22)2-1-3-21-6-10-23(11-7-21)25-14-18-27(29)19-15-25/h4-19H,1-3H2. The molecular formula is C27H22F2. The van der Waals surface area contributed by atoms with Gasteiger partial charge in [0.15, 0.2) is 0 Å². The van der Waals surface area contributed by atoms with Gasteiger partial charge in [-0.15, -0.1) is 0 Å². The highest BCUT2D eigenvalue weighted by molar-refractivity contribution is 5.64. The van der Waals surface area contributed by atoms with E-state index >= 15 is 0 Å². The largest absolute Gasteiger partial charge is 0.207 e. The third kappa shape index (κ3) is 4.97. The Balaban J connectivity index is 1.31. The fraction of sp³-hybridized carbons (Fsp3) is 0.111. The van der Waals surface area contributed by atoms with Crippen molar-refractivity contribution in [3.8, 4) is 22.3 Å². The summed E-state index contributed by atoms with van der Waals surface area (Å²) in [5.74, 6) is -0.424. The molecule has 0 aliphatic heterocycles. The van der Waals surface area contributed by atoms with Crippen LogP contribution in [0.15, 0.2) is 97.1 Å². The molecule has 0 amide bonds. The molecule has 0 fully saturated rings. The molecule has 0 atom stereocenters. The van der Waals surface area contributed by atoms with Crippen molar-refractivity contribution in [2.24, 2.45) is 0 Å². The summed E-state index contributed by atoms with van der Waals surface area (Å²) in [6.45, 7) is 0. The number of benzene rings is 4. The van der Waals surface area contributed by atoms with Crippen LogP contribution >= 0.6 is 0 Å². The van der Waals surface area contributed by atoms with Crippen molar-refractivity contribution < 1.29 is 8.78 Å². The van der Waals surface area contributed by atoms with Gasteiger partial charge in [0.1, 0.15) is 11.6 Å². The lowest BCUT2D eigenvalue weighted by atomic mass is 9.99. The highest BCUT2D eigenvalue weighted by Gasteiger charge is 2.02. The zero-order valence-corrected chi connectivity index (χ0v) is 16.1. The van der Waals surface area contributed by atoms with Gasteiger partial charge in [0.05, 0.1) is 0 Å². The van der Waals surface area contributed by atoms with Gasteiger partial charge in [-0.2, -0.15) is 0 Å². The van der Waals surface area contributed by atoms with Crippen molar-refractivity contribution in [2.45, 2.75) is 19.3 Å². The van der Waals surface area contributed by atoms with Crippen molar-refractivity contribution >= 4 is 0 Å². The molecule has 0 radical (unpaired) electrons. The number of aryl methyl sites for hydroxylation is 2. The topological polar surface area (TPSA) is 0 Å². The first-order valence-corrected chi connectivity index (χ1v) is 9.87. The number of hydrogen-bond acceptors (Lipinski definition) is 0. The van der Waals surface area contributed by atoms with E-state index in [2.05, 4.69) is 48.5 Å². The lowest BCUT2D eigenvalue weighted by Gasteiger charge is -2.07. The lowest BCUT2D eigenvalue weighted by molar-refractivity contribution is 0.627. The Morgan fingerprint density at radius 3 is 0.966 bits per heavy atom. The lowest BCUT2D eigenvalue weighted by Crippen LogP contribution is -1.91. The molecular weight excluding hydrogens is 362 g/mol. The van der Waals surface area contributed by atoms with Crippen molar-refractivity contribution in [2.75, 3.05) is 0 Å². The van der Waals surface area contributed by atoms with Crippen LogP contribution in [0, 0.1) is 11.6 Å². The minimum atomic E-state index is -0.212. The first kappa shape index (κ1) is 19.1. The van der Waals surface area contributed by atoms with E-state index in [0.717, 1.165) is 41.5 Å². The van der Waals surface area contributed by atoms with E-state index in [4.69, 9.17) is 0 Å². The van der Waals surface area contributed by atoms with Crippen LogP contribution in [0.2, 0.25) is 0 Å². The molecule has 4 aromatic rings. The minimum Gasteiger partial charge on any atom is -0.207 e. The summed E-state index contributed by atoms with van der Waals surface area (Å²) in [6, 6.07) is 30.2. The Hall–Kier alpha value is -3.26. The van der Waals surface area contributed by atoms with Crippen LogP contribution in [-0.2, 0) is 12.8 Å². The van der Waals surface area contributed by atoms with Crippen LogP contribution < -0.4 is 0 Å². The van der Waals surface area contributed by atoms with Crippen LogP contribution in [0.5, 0.6) is 0 Å². The third-order valence-electron chi connectivity index (χ3n) is 5.19. The second-order valence-electron chi connectivity index (χ2n) is 7.26. The molecule has 0 aliphatic rings. The van der Waals surface area contributed by atoms with E-state index in [1.54, 1.807) is 24.3 Å². The first-order chi connectivity index (χ1) is 14.2. The highest BCUT2D eigenvalue weighted by Crippen LogP contribution is 2.22. The Bertz CT molecular complexity index is 957. The molecule has 2 heteroatoms.